The molecule has 0 radical (unpaired) electrons. The molecular weight excluding hydrogens is 343 g/mol. The van der Waals surface area contributed by atoms with Gasteiger partial charge in [0.1, 0.15) is 0 Å². The number of halogens is 3. The maximum Gasteiger partial charge on any atom is 0.416 e. The van der Waals surface area contributed by atoms with Crippen LogP contribution in [0.5, 0.6) is 5.75 Å². The molecule has 26 heavy (non-hydrogen) atoms. The number of hydrogen-bond acceptors (Lipinski definition) is 3. The first-order chi connectivity index (χ1) is 12.4. The number of furan rings is 1. The average Bonchev–Trinajstić information content (AvgIpc) is 3.15. The molecule has 4 rings (SSSR count). The van der Waals surface area contributed by atoms with Crippen molar-refractivity contribution in [2.75, 3.05) is 5.73 Å². The van der Waals surface area contributed by atoms with E-state index in [1.807, 2.05) is 36.4 Å². The van der Waals surface area contributed by atoms with E-state index in [1.165, 1.54) is 12.1 Å². The molecule has 1 aliphatic rings. The number of alkyl halides is 3. The van der Waals surface area contributed by atoms with Crippen LogP contribution in [-0.4, -0.2) is 5.11 Å². The van der Waals surface area contributed by atoms with Gasteiger partial charge in [-0.15, -0.1) is 0 Å². The number of hydrogen-bond donors (Lipinski definition) is 2. The van der Waals surface area contributed by atoms with Gasteiger partial charge in [0, 0.05) is 0 Å². The van der Waals surface area contributed by atoms with Crippen LogP contribution in [0, 0.1) is 0 Å². The molecule has 0 bridgehead atoms. The molecule has 1 aliphatic carbocycles. The number of fused-ring (bicyclic) bond motifs is 1. The van der Waals surface area contributed by atoms with Crippen molar-refractivity contribution >= 4 is 12.0 Å². The second-order valence-electron chi connectivity index (χ2n) is 6.10. The molecule has 0 saturated heterocycles. The van der Waals surface area contributed by atoms with Gasteiger partial charge in [0.05, 0.1) is 17.0 Å². The summed E-state index contributed by atoms with van der Waals surface area (Å²) in [5.74, 6) is -0.480. The second kappa shape index (κ2) is 5.69. The molecule has 1 unspecified atom stereocenters. The van der Waals surface area contributed by atoms with Gasteiger partial charge in [-0.25, -0.2) is 0 Å². The van der Waals surface area contributed by atoms with Crippen molar-refractivity contribution in [1.29, 1.82) is 0 Å². The van der Waals surface area contributed by atoms with Crippen molar-refractivity contribution < 1.29 is 22.7 Å². The third kappa shape index (κ3) is 2.54. The minimum absolute atomic E-state index is 0.0730. The summed E-state index contributed by atoms with van der Waals surface area (Å²) in [6.07, 6.45) is -0.721. The van der Waals surface area contributed by atoms with Crippen LogP contribution in [0.25, 0.3) is 17.2 Å². The van der Waals surface area contributed by atoms with Gasteiger partial charge in [0.2, 0.25) is 5.88 Å². The van der Waals surface area contributed by atoms with Gasteiger partial charge in [0.25, 0.3) is 0 Å². The highest BCUT2D eigenvalue weighted by molar-refractivity contribution is 5.81. The minimum atomic E-state index is -4.49. The monoisotopic (exact) mass is 357 g/mol. The SMILES string of the molecule is Nc1oc(C2C=Cc3ccccc32)c(O)c1-c1cccc(C(F)(F)F)c1. The molecular formula is C20H14F3NO2. The summed E-state index contributed by atoms with van der Waals surface area (Å²) in [4.78, 5) is 0. The van der Waals surface area contributed by atoms with Crippen molar-refractivity contribution in [3.05, 3.63) is 77.1 Å². The topological polar surface area (TPSA) is 59.4 Å². The Morgan fingerprint density at radius 1 is 1.04 bits per heavy atom. The Morgan fingerprint density at radius 3 is 2.58 bits per heavy atom. The normalized spacial score (nSPS) is 16.0. The minimum Gasteiger partial charge on any atom is -0.504 e. The van der Waals surface area contributed by atoms with Crippen molar-refractivity contribution in [3.8, 4) is 16.9 Å². The predicted molar refractivity (Wildman–Crippen MR) is 92.5 cm³/mol. The molecule has 0 spiro atoms. The third-order valence-electron chi connectivity index (χ3n) is 4.50. The van der Waals surface area contributed by atoms with Gasteiger partial charge in [-0.05, 0) is 28.8 Å². The predicted octanol–water partition coefficient (Wildman–Crippen LogP) is 5.41. The van der Waals surface area contributed by atoms with Crippen molar-refractivity contribution in [1.82, 2.24) is 0 Å². The number of nitrogen functional groups attached to an aromatic ring is 1. The van der Waals surface area contributed by atoms with Gasteiger partial charge < -0.3 is 15.3 Å². The smallest absolute Gasteiger partial charge is 0.416 e. The molecule has 2 aromatic carbocycles. The molecule has 0 fully saturated rings. The Bertz CT molecular complexity index is 1020. The average molecular weight is 357 g/mol. The first-order valence-electron chi connectivity index (χ1n) is 7.92. The van der Waals surface area contributed by atoms with Crippen molar-refractivity contribution in [2.45, 2.75) is 12.1 Å². The summed E-state index contributed by atoms with van der Waals surface area (Å²) in [6.45, 7) is 0. The Labute approximate surface area is 147 Å². The highest BCUT2D eigenvalue weighted by atomic mass is 19.4. The fraction of sp³-hybridized carbons (Fsp3) is 0.100. The van der Waals surface area contributed by atoms with Crippen LogP contribution in [0.15, 0.2) is 59.0 Å². The summed E-state index contributed by atoms with van der Waals surface area (Å²) in [6, 6.07) is 12.3. The van der Waals surface area contributed by atoms with Crippen LogP contribution in [0.1, 0.15) is 28.4 Å². The van der Waals surface area contributed by atoms with E-state index in [0.29, 0.717) is 0 Å². The lowest BCUT2D eigenvalue weighted by Gasteiger charge is -2.09. The molecule has 0 amide bonds. The first kappa shape index (κ1) is 16.3. The Morgan fingerprint density at radius 2 is 1.81 bits per heavy atom. The van der Waals surface area contributed by atoms with Crippen LogP contribution >= 0.6 is 0 Å². The Kier molecular flexibility index (Phi) is 3.57. The summed E-state index contributed by atoms with van der Waals surface area (Å²) in [7, 11) is 0. The lowest BCUT2D eigenvalue weighted by Crippen LogP contribution is -2.04. The highest BCUT2D eigenvalue weighted by Crippen LogP contribution is 2.48. The zero-order valence-corrected chi connectivity index (χ0v) is 13.4. The van der Waals surface area contributed by atoms with Crippen molar-refractivity contribution in [2.24, 2.45) is 0 Å². The zero-order valence-electron chi connectivity index (χ0n) is 13.4. The summed E-state index contributed by atoms with van der Waals surface area (Å²) in [5, 5.41) is 10.7. The second-order valence-corrected chi connectivity index (χ2v) is 6.10. The summed E-state index contributed by atoms with van der Waals surface area (Å²) < 4.78 is 44.5. The van der Waals surface area contributed by atoms with Crippen LogP contribution in [-0.2, 0) is 6.18 Å². The molecule has 6 heteroatoms. The lowest BCUT2D eigenvalue weighted by atomic mass is 9.96. The Hall–Kier alpha value is -3.15. The molecule has 132 valence electrons. The van der Waals surface area contributed by atoms with Gasteiger partial charge in [0.15, 0.2) is 11.5 Å². The molecule has 1 aromatic heterocycles. The first-order valence-corrected chi connectivity index (χ1v) is 7.92. The van der Waals surface area contributed by atoms with Gasteiger partial charge in [-0.2, -0.15) is 13.2 Å². The summed E-state index contributed by atoms with van der Waals surface area (Å²) >= 11 is 0. The fourth-order valence-corrected chi connectivity index (χ4v) is 3.28. The zero-order chi connectivity index (χ0) is 18.5. The van der Waals surface area contributed by atoms with Gasteiger partial charge >= 0.3 is 6.18 Å². The molecule has 3 nitrogen and oxygen atoms in total. The number of benzene rings is 2. The van der Waals surface area contributed by atoms with Crippen LogP contribution in [0.2, 0.25) is 0 Å². The van der Waals surface area contributed by atoms with E-state index >= 15 is 0 Å². The van der Waals surface area contributed by atoms with Crippen LogP contribution in [0.4, 0.5) is 19.1 Å². The highest BCUT2D eigenvalue weighted by Gasteiger charge is 2.32. The van der Waals surface area contributed by atoms with Gasteiger partial charge in [-0.1, -0.05) is 48.6 Å². The third-order valence-corrected chi connectivity index (χ3v) is 4.50. The van der Waals surface area contributed by atoms with E-state index in [9.17, 15) is 18.3 Å². The quantitative estimate of drug-likeness (QED) is 0.644. The molecule has 1 atom stereocenters. The van der Waals surface area contributed by atoms with Gasteiger partial charge in [-0.3, -0.25) is 0 Å². The molecule has 3 aromatic rings. The summed E-state index contributed by atoms with van der Waals surface area (Å²) in [5.41, 5.74) is 7.23. The number of rotatable bonds is 2. The van der Waals surface area contributed by atoms with E-state index in [2.05, 4.69) is 0 Å². The number of allylic oxidation sites excluding steroid dienone is 1. The molecule has 0 aliphatic heterocycles. The van der Waals surface area contributed by atoms with E-state index in [1.54, 1.807) is 0 Å². The maximum absolute atomic E-state index is 13.0. The number of nitrogens with two attached hydrogens (primary N) is 1. The van der Waals surface area contributed by atoms with E-state index in [4.69, 9.17) is 10.2 Å². The lowest BCUT2D eigenvalue weighted by molar-refractivity contribution is -0.137. The van der Waals surface area contributed by atoms with Crippen LogP contribution in [0.3, 0.4) is 0 Å². The molecule has 3 N–H and O–H groups in total. The maximum atomic E-state index is 13.0. The number of aromatic hydroxyl groups is 1. The van der Waals surface area contributed by atoms with Crippen LogP contribution < -0.4 is 5.73 Å². The largest absolute Gasteiger partial charge is 0.504 e. The fourth-order valence-electron chi connectivity index (χ4n) is 3.28. The Balaban J connectivity index is 1.81. The molecule has 0 saturated carbocycles. The number of anilines is 1. The van der Waals surface area contributed by atoms with E-state index in [0.717, 1.165) is 23.3 Å². The van der Waals surface area contributed by atoms with E-state index < -0.39 is 11.7 Å². The van der Waals surface area contributed by atoms with Crippen molar-refractivity contribution in [3.63, 3.8) is 0 Å². The molecule has 1 heterocycles. The van der Waals surface area contributed by atoms with E-state index in [-0.39, 0.29) is 34.4 Å². The standard InChI is InChI=1S/C20H14F3NO2/c21-20(22,23)13-6-3-5-12(10-13)16-17(25)18(26-19(16)24)15-9-8-11-4-1-2-7-14(11)15/h1-10,15,25H,24H2.